The first-order chi connectivity index (χ1) is 13.7. The third kappa shape index (κ3) is 4.32. The van der Waals surface area contributed by atoms with E-state index in [1.807, 2.05) is 29.6 Å². The standard InChI is InChI=1S/C21H18N2O4S/c24-20(22-12-17-2-1-9-28-17)10-14-3-6-16(7-4-14)23-21(25)15-5-8-18-19(11-15)27-13-26-18/h1-9,11H,10,12-13H2,(H,22,24)(H,23,25). The van der Waals surface area contributed by atoms with Crippen molar-refractivity contribution < 1.29 is 19.1 Å². The first kappa shape index (κ1) is 18.1. The summed E-state index contributed by atoms with van der Waals surface area (Å²) in [5.41, 5.74) is 2.02. The summed E-state index contributed by atoms with van der Waals surface area (Å²) in [6.07, 6.45) is 0.293. The highest BCUT2D eigenvalue weighted by molar-refractivity contribution is 7.09. The summed E-state index contributed by atoms with van der Waals surface area (Å²) >= 11 is 1.61. The zero-order chi connectivity index (χ0) is 19.3. The van der Waals surface area contributed by atoms with Crippen molar-refractivity contribution in [2.45, 2.75) is 13.0 Å². The molecular weight excluding hydrogens is 376 g/mol. The number of thiophene rings is 1. The minimum absolute atomic E-state index is 0.0365. The van der Waals surface area contributed by atoms with Crippen molar-refractivity contribution in [2.24, 2.45) is 0 Å². The lowest BCUT2D eigenvalue weighted by molar-refractivity contribution is -0.120. The van der Waals surface area contributed by atoms with Gasteiger partial charge in [0.25, 0.3) is 5.91 Å². The first-order valence-electron chi connectivity index (χ1n) is 8.76. The number of ether oxygens (including phenoxy) is 2. The smallest absolute Gasteiger partial charge is 0.255 e. The van der Waals surface area contributed by atoms with Crippen LogP contribution in [0.4, 0.5) is 5.69 Å². The van der Waals surface area contributed by atoms with Gasteiger partial charge in [-0.15, -0.1) is 11.3 Å². The third-order valence-electron chi connectivity index (χ3n) is 4.25. The Morgan fingerprint density at radius 1 is 1.00 bits per heavy atom. The summed E-state index contributed by atoms with van der Waals surface area (Å²) in [6.45, 7) is 0.711. The van der Waals surface area contributed by atoms with Crippen LogP contribution in [-0.2, 0) is 17.8 Å². The number of nitrogens with one attached hydrogen (secondary N) is 2. The van der Waals surface area contributed by atoms with Gasteiger partial charge in [-0.05, 0) is 47.3 Å². The van der Waals surface area contributed by atoms with Gasteiger partial charge in [-0.1, -0.05) is 18.2 Å². The molecular formula is C21H18N2O4S. The molecule has 1 aliphatic rings. The second-order valence-corrected chi connectivity index (χ2v) is 7.28. The van der Waals surface area contributed by atoms with Gasteiger partial charge in [0.15, 0.2) is 11.5 Å². The molecule has 6 nitrogen and oxygen atoms in total. The molecule has 2 heterocycles. The summed E-state index contributed by atoms with van der Waals surface area (Å²) in [4.78, 5) is 25.6. The number of hydrogen-bond donors (Lipinski definition) is 2. The second-order valence-electron chi connectivity index (χ2n) is 6.25. The highest BCUT2D eigenvalue weighted by Crippen LogP contribution is 2.32. The molecule has 7 heteroatoms. The monoisotopic (exact) mass is 394 g/mol. The molecule has 0 bridgehead atoms. The van der Waals surface area contributed by atoms with E-state index in [0.29, 0.717) is 35.7 Å². The summed E-state index contributed by atoms with van der Waals surface area (Å²) in [5, 5.41) is 7.73. The number of benzene rings is 2. The minimum Gasteiger partial charge on any atom is -0.454 e. The van der Waals surface area contributed by atoms with Crippen LogP contribution in [0.5, 0.6) is 11.5 Å². The number of hydrogen-bond acceptors (Lipinski definition) is 5. The van der Waals surface area contributed by atoms with Crippen LogP contribution in [0, 0.1) is 0 Å². The van der Waals surface area contributed by atoms with Gasteiger partial charge in [-0.2, -0.15) is 0 Å². The van der Waals surface area contributed by atoms with Crippen molar-refractivity contribution in [1.82, 2.24) is 5.32 Å². The van der Waals surface area contributed by atoms with Gasteiger partial charge >= 0.3 is 0 Å². The molecule has 2 N–H and O–H groups in total. The molecule has 0 radical (unpaired) electrons. The maximum absolute atomic E-state index is 12.4. The van der Waals surface area contributed by atoms with Gasteiger partial charge in [-0.3, -0.25) is 9.59 Å². The fourth-order valence-corrected chi connectivity index (χ4v) is 3.44. The normalized spacial score (nSPS) is 11.9. The Morgan fingerprint density at radius 3 is 2.61 bits per heavy atom. The average molecular weight is 394 g/mol. The van der Waals surface area contributed by atoms with E-state index in [1.165, 1.54) is 0 Å². The van der Waals surface area contributed by atoms with Crippen molar-refractivity contribution in [3.05, 3.63) is 76.0 Å². The Morgan fingerprint density at radius 2 is 1.82 bits per heavy atom. The summed E-state index contributed by atoms with van der Waals surface area (Å²) in [6, 6.07) is 16.2. The quantitative estimate of drug-likeness (QED) is 0.670. The lowest BCUT2D eigenvalue weighted by Gasteiger charge is -2.08. The Balaban J connectivity index is 1.31. The maximum atomic E-state index is 12.4. The number of fused-ring (bicyclic) bond motifs is 1. The summed E-state index contributed by atoms with van der Waals surface area (Å²) in [5.74, 6) is 0.931. The SMILES string of the molecule is O=C(Cc1ccc(NC(=O)c2ccc3c(c2)OCO3)cc1)NCc1cccs1. The molecule has 0 fully saturated rings. The zero-order valence-corrected chi connectivity index (χ0v) is 15.8. The van der Waals surface area contributed by atoms with Crippen LogP contribution in [0.25, 0.3) is 0 Å². The Hall–Kier alpha value is -3.32. The van der Waals surface area contributed by atoms with Crippen LogP contribution in [0.15, 0.2) is 60.0 Å². The van der Waals surface area contributed by atoms with E-state index in [1.54, 1.807) is 41.7 Å². The predicted octanol–water partition coefficient (Wildman–Crippen LogP) is 3.59. The lowest BCUT2D eigenvalue weighted by atomic mass is 10.1. The van der Waals surface area contributed by atoms with E-state index in [4.69, 9.17) is 9.47 Å². The molecule has 0 unspecified atom stereocenters. The van der Waals surface area contributed by atoms with E-state index in [0.717, 1.165) is 10.4 Å². The van der Waals surface area contributed by atoms with Crippen LogP contribution in [0.1, 0.15) is 20.8 Å². The van der Waals surface area contributed by atoms with Gasteiger partial charge in [0.2, 0.25) is 12.7 Å². The molecule has 1 aromatic heterocycles. The van der Waals surface area contributed by atoms with Gasteiger partial charge in [0.05, 0.1) is 13.0 Å². The van der Waals surface area contributed by atoms with Crippen molar-refractivity contribution in [1.29, 1.82) is 0 Å². The molecule has 0 saturated heterocycles. The molecule has 2 amide bonds. The first-order valence-corrected chi connectivity index (χ1v) is 9.64. The number of rotatable bonds is 6. The lowest BCUT2D eigenvalue weighted by Crippen LogP contribution is -2.24. The molecule has 0 aliphatic carbocycles. The molecule has 3 aromatic rings. The number of anilines is 1. The molecule has 4 rings (SSSR count). The number of carbonyl (C=O) groups excluding carboxylic acids is 2. The summed E-state index contributed by atoms with van der Waals surface area (Å²) < 4.78 is 10.5. The van der Waals surface area contributed by atoms with E-state index in [9.17, 15) is 9.59 Å². The van der Waals surface area contributed by atoms with Crippen LogP contribution >= 0.6 is 11.3 Å². The molecule has 0 atom stereocenters. The molecule has 142 valence electrons. The van der Waals surface area contributed by atoms with Crippen molar-refractivity contribution in [3.8, 4) is 11.5 Å². The van der Waals surface area contributed by atoms with Crippen LogP contribution in [0.3, 0.4) is 0 Å². The molecule has 0 saturated carbocycles. The maximum Gasteiger partial charge on any atom is 0.255 e. The largest absolute Gasteiger partial charge is 0.454 e. The fourth-order valence-electron chi connectivity index (χ4n) is 2.79. The van der Waals surface area contributed by atoms with Gasteiger partial charge in [0, 0.05) is 16.1 Å². The average Bonchev–Trinajstić information content (AvgIpc) is 3.39. The minimum atomic E-state index is -0.236. The van der Waals surface area contributed by atoms with Crippen LogP contribution < -0.4 is 20.1 Å². The van der Waals surface area contributed by atoms with Crippen molar-refractivity contribution >= 4 is 28.8 Å². The fraction of sp³-hybridized carbons (Fsp3) is 0.143. The van der Waals surface area contributed by atoms with Crippen LogP contribution in [-0.4, -0.2) is 18.6 Å². The second kappa shape index (κ2) is 8.14. The van der Waals surface area contributed by atoms with Gasteiger partial charge < -0.3 is 20.1 Å². The topological polar surface area (TPSA) is 76.7 Å². The number of carbonyl (C=O) groups is 2. The van der Waals surface area contributed by atoms with Crippen molar-refractivity contribution in [3.63, 3.8) is 0 Å². The Kier molecular flexibility index (Phi) is 5.25. The van der Waals surface area contributed by atoms with Gasteiger partial charge in [-0.25, -0.2) is 0 Å². The molecule has 1 aliphatic heterocycles. The Labute approximate surface area is 166 Å². The Bertz CT molecular complexity index is 984. The van der Waals surface area contributed by atoms with E-state index < -0.39 is 0 Å². The van der Waals surface area contributed by atoms with E-state index in [2.05, 4.69) is 10.6 Å². The number of amides is 2. The zero-order valence-electron chi connectivity index (χ0n) is 14.9. The summed E-state index contributed by atoms with van der Waals surface area (Å²) in [7, 11) is 0. The van der Waals surface area contributed by atoms with Gasteiger partial charge in [0.1, 0.15) is 0 Å². The predicted molar refractivity (Wildman–Crippen MR) is 107 cm³/mol. The van der Waals surface area contributed by atoms with E-state index in [-0.39, 0.29) is 18.6 Å². The highest BCUT2D eigenvalue weighted by atomic mass is 32.1. The third-order valence-corrected chi connectivity index (χ3v) is 5.13. The highest BCUT2D eigenvalue weighted by Gasteiger charge is 2.16. The van der Waals surface area contributed by atoms with Crippen molar-refractivity contribution in [2.75, 3.05) is 12.1 Å². The molecule has 2 aromatic carbocycles. The molecule has 28 heavy (non-hydrogen) atoms. The van der Waals surface area contributed by atoms with E-state index >= 15 is 0 Å². The van der Waals surface area contributed by atoms with Crippen LogP contribution in [0.2, 0.25) is 0 Å². The molecule has 0 spiro atoms.